The van der Waals surface area contributed by atoms with Crippen molar-refractivity contribution in [2.24, 2.45) is 5.41 Å². The van der Waals surface area contributed by atoms with E-state index in [4.69, 9.17) is 0 Å². The van der Waals surface area contributed by atoms with Crippen molar-refractivity contribution in [2.45, 2.75) is 95.3 Å². The average molecular weight is 608 g/mol. The summed E-state index contributed by atoms with van der Waals surface area (Å²) in [4.78, 5) is 17.1. The number of nitrogens with zero attached hydrogens (tertiary/aromatic N) is 1. The van der Waals surface area contributed by atoms with Crippen LogP contribution in [-0.4, -0.2) is 63.4 Å². The van der Waals surface area contributed by atoms with E-state index < -0.39 is 17.1 Å². The smallest absolute Gasteiger partial charge is 0.193 e. The summed E-state index contributed by atoms with van der Waals surface area (Å²) in [6, 6.07) is 24.2. The number of carbonyl (C=O) groups excluding carboxylic acids is 1. The Labute approximate surface area is 268 Å². The van der Waals surface area contributed by atoms with Crippen molar-refractivity contribution in [1.29, 1.82) is 0 Å². The Morgan fingerprint density at radius 2 is 1.73 bits per heavy atom. The van der Waals surface area contributed by atoms with Gasteiger partial charge in [0.2, 0.25) is 0 Å². The molecule has 0 unspecified atom stereocenters. The van der Waals surface area contributed by atoms with E-state index in [0.29, 0.717) is 36.9 Å². The number of hydrogen-bond acceptors (Lipinski definition) is 5. The fourth-order valence-corrected chi connectivity index (χ4v) is 8.54. The van der Waals surface area contributed by atoms with Crippen LogP contribution in [0.4, 0.5) is 0 Å². The van der Waals surface area contributed by atoms with Crippen molar-refractivity contribution >= 4 is 5.78 Å². The minimum Gasteiger partial charge on any atom is -0.395 e. The quantitative estimate of drug-likeness (QED) is 0.206. The number of likely N-dealkylation sites (tertiary alicyclic amines) is 1. The largest absolute Gasteiger partial charge is 0.395 e. The summed E-state index contributed by atoms with van der Waals surface area (Å²) in [5.74, 6) is -0.0301. The predicted molar refractivity (Wildman–Crippen MR) is 180 cm³/mol. The Hall–Kier alpha value is -3.09. The molecule has 3 N–H and O–H groups in total. The second-order valence-electron chi connectivity index (χ2n) is 14.1. The molecule has 0 radical (unpaired) electrons. The topological polar surface area (TPSA) is 81.0 Å². The maximum absolute atomic E-state index is 14.8. The van der Waals surface area contributed by atoms with Crippen molar-refractivity contribution in [3.05, 3.63) is 107 Å². The monoisotopic (exact) mass is 607 g/mol. The zero-order valence-corrected chi connectivity index (χ0v) is 26.9. The number of aliphatic hydroxyl groups excluding tert-OH is 2. The zero-order valence-electron chi connectivity index (χ0n) is 26.9. The van der Waals surface area contributed by atoms with Crippen LogP contribution in [0.5, 0.6) is 0 Å². The van der Waals surface area contributed by atoms with E-state index in [1.165, 1.54) is 5.57 Å². The molecule has 0 amide bonds. The van der Waals surface area contributed by atoms with Crippen LogP contribution in [0.15, 0.2) is 84.4 Å². The number of rotatable bonds is 6. The zero-order chi connectivity index (χ0) is 31.6. The number of benzene rings is 3. The van der Waals surface area contributed by atoms with Crippen molar-refractivity contribution in [1.82, 2.24) is 4.90 Å². The molecule has 0 aromatic heterocycles. The summed E-state index contributed by atoms with van der Waals surface area (Å²) in [6.45, 7) is 5.94. The third kappa shape index (κ3) is 6.33. The molecular weight excluding hydrogens is 558 g/mol. The minimum atomic E-state index is -0.953. The molecule has 5 atom stereocenters. The molecule has 2 fully saturated rings. The summed E-state index contributed by atoms with van der Waals surface area (Å²) in [5, 5.41) is 33.7. The Morgan fingerprint density at radius 1 is 0.956 bits per heavy atom. The maximum Gasteiger partial charge on any atom is 0.193 e. The molecule has 0 spiro atoms. The van der Waals surface area contributed by atoms with Crippen LogP contribution in [0, 0.1) is 5.41 Å². The van der Waals surface area contributed by atoms with Crippen LogP contribution in [0.2, 0.25) is 0 Å². The highest BCUT2D eigenvalue weighted by Gasteiger charge is 2.57. The normalized spacial score (nSPS) is 29.3. The third-order valence-electron chi connectivity index (χ3n) is 11.3. The number of allylic oxidation sites excluding steroid dienone is 2. The lowest BCUT2D eigenvalue weighted by molar-refractivity contribution is -0.0875. The molecular formula is C40H49NO4. The van der Waals surface area contributed by atoms with Gasteiger partial charge in [0.05, 0.1) is 18.3 Å². The number of hydrogen-bond donors (Lipinski definition) is 3. The van der Waals surface area contributed by atoms with Gasteiger partial charge in [0.25, 0.3) is 0 Å². The van der Waals surface area contributed by atoms with Crippen LogP contribution in [0.25, 0.3) is 11.1 Å². The van der Waals surface area contributed by atoms with E-state index in [9.17, 15) is 20.1 Å². The molecule has 1 saturated heterocycles. The van der Waals surface area contributed by atoms with E-state index in [1.54, 1.807) is 0 Å². The molecule has 3 aromatic carbocycles. The molecule has 3 aromatic rings. The predicted octanol–water partition coefficient (Wildman–Crippen LogP) is 7.08. The van der Waals surface area contributed by atoms with Crippen LogP contribution >= 0.6 is 0 Å². The molecule has 4 aliphatic rings. The number of fused-ring (bicyclic) bond motifs is 8. The van der Waals surface area contributed by atoms with Gasteiger partial charge < -0.3 is 15.3 Å². The summed E-state index contributed by atoms with van der Waals surface area (Å²) in [6.07, 6.45) is 8.86. The van der Waals surface area contributed by atoms with Gasteiger partial charge in [-0.25, -0.2) is 0 Å². The Kier molecular flexibility index (Phi) is 9.44. The number of β-amino-alcohol motifs (C(OH)–C–C–N with tert-alkyl or cyclic N) is 1. The standard InChI is InChI=1S/C40H49NO4/c1-28-10-8-21-39(2)37(20-22-40(39,45)27-41-23-9-13-31(41)26-42)34-19-17-29(24-32(43)18-16-28)25-36(34)38(44)35-15-7-6-14-33(35)30-11-4-3-5-12-30/h3-7,10-12,14-15,17,19,25,31-32,37,42-43,45H,8-9,13,16,18,20-24,26-27H2,1-2H3/t31-,32-,37-,39-,40+/m0/s1. The van der Waals surface area contributed by atoms with Crippen LogP contribution in [0.1, 0.15) is 98.2 Å². The first-order valence-corrected chi connectivity index (χ1v) is 17.0. The van der Waals surface area contributed by atoms with E-state index in [0.717, 1.165) is 67.3 Å². The van der Waals surface area contributed by atoms with Crippen molar-refractivity contribution < 1.29 is 20.1 Å². The summed E-state index contributed by atoms with van der Waals surface area (Å²) in [5.41, 5.74) is 5.06. The summed E-state index contributed by atoms with van der Waals surface area (Å²) >= 11 is 0. The Morgan fingerprint density at radius 3 is 2.53 bits per heavy atom. The molecule has 2 bridgehead atoms. The van der Waals surface area contributed by atoms with Gasteiger partial charge in [-0.2, -0.15) is 0 Å². The van der Waals surface area contributed by atoms with Gasteiger partial charge in [0, 0.05) is 29.1 Å². The average Bonchev–Trinajstić information content (AvgIpc) is 3.60. The Balaban J connectivity index is 1.47. The van der Waals surface area contributed by atoms with Crippen molar-refractivity contribution in [3.63, 3.8) is 0 Å². The van der Waals surface area contributed by atoms with E-state index in [2.05, 4.69) is 37.0 Å². The Bertz CT molecular complexity index is 1530. The van der Waals surface area contributed by atoms with Gasteiger partial charge in [-0.15, -0.1) is 0 Å². The van der Waals surface area contributed by atoms with Gasteiger partial charge in [0.15, 0.2) is 5.78 Å². The van der Waals surface area contributed by atoms with Gasteiger partial charge >= 0.3 is 0 Å². The van der Waals surface area contributed by atoms with Gasteiger partial charge in [-0.1, -0.05) is 85.3 Å². The molecule has 1 heterocycles. The van der Waals surface area contributed by atoms with Crippen LogP contribution in [0.3, 0.4) is 0 Å². The molecule has 7 rings (SSSR count). The van der Waals surface area contributed by atoms with Gasteiger partial charge in [0.1, 0.15) is 0 Å². The first-order chi connectivity index (χ1) is 21.7. The molecule has 45 heavy (non-hydrogen) atoms. The highest BCUT2D eigenvalue weighted by Crippen LogP contribution is 2.59. The van der Waals surface area contributed by atoms with Crippen molar-refractivity contribution in [3.8, 4) is 11.1 Å². The second kappa shape index (κ2) is 13.3. The van der Waals surface area contributed by atoms with Gasteiger partial charge in [-0.05, 0) is 105 Å². The molecule has 1 saturated carbocycles. The van der Waals surface area contributed by atoms with E-state index in [1.807, 2.05) is 60.7 Å². The lowest BCUT2D eigenvalue weighted by Crippen LogP contribution is -2.53. The molecule has 238 valence electrons. The highest BCUT2D eigenvalue weighted by molar-refractivity contribution is 6.13. The summed E-state index contributed by atoms with van der Waals surface area (Å²) in [7, 11) is 0. The van der Waals surface area contributed by atoms with Crippen molar-refractivity contribution in [2.75, 3.05) is 19.7 Å². The second-order valence-corrected chi connectivity index (χ2v) is 14.1. The summed E-state index contributed by atoms with van der Waals surface area (Å²) < 4.78 is 0. The first-order valence-electron chi connectivity index (χ1n) is 17.0. The fraction of sp³-hybridized carbons (Fsp3) is 0.475. The van der Waals surface area contributed by atoms with Gasteiger partial charge in [-0.3, -0.25) is 9.69 Å². The third-order valence-corrected chi connectivity index (χ3v) is 11.3. The SMILES string of the molecule is CC1=CCC[C@@]2(C)[C@@H](CC[C@@]2(O)CN2CCC[C@H]2CO)c2ccc(cc2C(=O)c2ccccc2-c2ccccc2)C[C@@H](O)CC1. The first kappa shape index (κ1) is 31.9. The lowest BCUT2D eigenvalue weighted by Gasteiger charge is -2.46. The minimum absolute atomic E-state index is 0.0127. The lowest BCUT2D eigenvalue weighted by atomic mass is 9.64. The number of carbonyl (C=O) groups is 1. The van der Waals surface area contributed by atoms with Crippen LogP contribution < -0.4 is 0 Å². The molecule has 5 heteroatoms. The molecule has 3 aliphatic carbocycles. The van der Waals surface area contributed by atoms with E-state index in [-0.39, 0.29) is 24.3 Å². The maximum atomic E-state index is 14.8. The van der Waals surface area contributed by atoms with Crippen LogP contribution in [-0.2, 0) is 6.42 Å². The number of ketones is 1. The fourth-order valence-electron chi connectivity index (χ4n) is 8.54. The van der Waals surface area contributed by atoms with E-state index >= 15 is 0 Å². The highest BCUT2D eigenvalue weighted by atomic mass is 16.3. The molecule has 5 nitrogen and oxygen atoms in total. The molecule has 1 aliphatic heterocycles. The number of aliphatic hydroxyl groups is 3.